The summed E-state index contributed by atoms with van der Waals surface area (Å²) in [6, 6.07) is 8.36. The first-order valence-electron chi connectivity index (χ1n) is 6.63. The van der Waals surface area contributed by atoms with Gasteiger partial charge in [-0.1, -0.05) is 28.1 Å². The lowest BCUT2D eigenvalue weighted by Crippen LogP contribution is -2.34. The molecule has 0 saturated carbocycles. The Kier molecular flexibility index (Phi) is 3.94. The predicted octanol–water partition coefficient (Wildman–Crippen LogP) is 4.45. The van der Waals surface area contributed by atoms with Gasteiger partial charge < -0.3 is 4.90 Å². The Morgan fingerprint density at radius 2 is 2.00 bits per heavy atom. The van der Waals surface area contributed by atoms with Gasteiger partial charge in [-0.25, -0.2) is 4.98 Å². The van der Waals surface area contributed by atoms with E-state index >= 15 is 0 Å². The number of anilines is 1. The lowest BCUT2D eigenvalue weighted by molar-refractivity contribution is 0.441. The van der Waals surface area contributed by atoms with Gasteiger partial charge in [0.1, 0.15) is 5.82 Å². The Morgan fingerprint density at radius 1 is 1.21 bits per heavy atom. The van der Waals surface area contributed by atoms with Gasteiger partial charge in [-0.05, 0) is 30.9 Å². The molecule has 2 aromatic rings. The van der Waals surface area contributed by atoms with Gasteiger partial charge in [0.15, 0.2) is 0 Å². The van der Waals surface area contributed by atoms with Crippen molar-refractivity contribution < 1.29 is 0 Å². The number of piperidine rings is 1. The van der Waals surface area contributed by atoms with Crippen molar-refractivity contribution in [1.82, 2.24) is 4.98 Å². The Hall–Kier alpha value is -0.800. The van der Waals surface area contributed by atoms with E-state index in [9.17, 15) is 0 Å². The maximum absolute atomic E-state index is 5.95. The number of fused-ring (bicyclic) bond motifs is 1. The molecule has 0 atom stereocenters. The van der Waals surface area contributed by atoms with Crippen LogP contribution in [-0.4, -0.2) is 24.0 Å². The van der Waals surface area contributed by atoms with Crippen LogP contribution in [0.5, 0.6) is 0 Å². The summed E-state index contributed by atoms with van der Waals surface area (Å²) >= 11 is 9.56. The largest absolute Gasteiger partial charge is 0.356 e. The minimum absolute atomic E-state index is 0.666. The van der Waals surface area contributed by atoms with Gasteiger partial charge >= 0.3 is 0 Å². The third-order valence-electron chi connectivity index (χ3n) is 3.86. The van der Waals surface area contributed by atoms with E-state index in [1.54, 1.807) is 0 Å². The molecule has 1 aromatic heterocycles. The molecule has 0 N–H and O–H groups in total. The fourth-order valence-corrected chi connectivity index (χ4v) is 3.51. The van der Waals surface area contributed by atoms with E-state index < -0.39 is 0 Å². The number of pyridine rings is 1. The van der Waals surface area contributed by atoms with Gasteiger partial charge in [-0.15, -0.1) is 11.6 Å². The highest BCUT2D eigenvalue weighted by molar-refractivity contribution is 9.10. The number of aromatic nitrogens is 1. The quantitative estimate of drug-likeness (QED) is 0.751. The molecule has 0 aliphatic carbocycles. The summed E-state index contributed by atoms with van der Waals surface area (Å²) in [5.41, 5.74) is 0. The zero-order chi connectivity index (χ0) is 13.2. The molecular formula is C15H16BrClN2. The third kappa shape index (κ3) is 2.59. The van der Waals surface area contributed by atoms with E-state index in [0.717, 1.165) is 42.1 Å². The number of nitrogens with zero attached hydrogens (tertiary/aromatic N) is 2. The van der Waals surface area contributed by atoms with E-state index in [2.05, 4.69) is 50.1 Å². The molecule has 4 heteroatoms. The molecule has 1 aliphatic heterocycles. The van der Waals surface area contributed by atoms with Gasteiger partial charge in [0.2, 0.25) is 0 Å². The molecule has 1 fully saturated rings. The van der Waals surface area contributed by atoms with Crippen LogP contribution in [0.3, 0.4) is 0 Å². The number of alkyl halides is 1. The van der Waals surface area contributed by atoms with Crippen molar-refractivity contribution in [3.8, 4) is 0 Å². The molecule has 1 saturated heterocycles. The molecule has 2 nitrogen and oxygen atoms in total. The van der Waals surface area contributed by atoms with E-state index in [0.29, 0.717) is 5.92 Å². The minimum atomic E-state index is 0.666. The highest BCUT2D eigenvalue weighted by Crippen LogP contribution is 2.31. The average molecular weight is 340 g/mol. The molecule has 1 aromatic carbocycles. The fourth-order valence-electron chi connectivity index (χ4n) is 2.70. The lowest BCUT2D eigenvalue weighted by Gasteiger charge is -2.32. The fraction of sp³-hybridized carbons (Fsp3) is 0.400. The second kappa shape index (κ2) is 5.68. The number of benzene rings is 1. The zero-order valence-electron chi connectivity index (χ0n) is 10.6. The van der Waals surface area contributed by atoms with Gasteiger partial charge in [0.25, 0.3) is 0 Å². The monoisotopic (exact) mass is 338 g/mol. The standard InChI is InChI=1S/C15H16BrClN2/c16-14-3-1-2-13-12(14)4-7-18-15(13)19-8-5-11(10-17)6-9-19/h1-4,7,11H,5-6,8-10H2. The number of hydrogen-bond donors (Lipinski definition) is 0. The molecule has 0 bridgehead atoms. The van der Waals surface area contributed by atoms with Crippen LogP contribution in [0.4, 0.5) is 5.82 Å². The number of hydrogen-bond acceptors (Lipinski definition) is 2. The smallest absolute Gasteiger partial charge is 0.136 e. The van der Waals surface area contributed by atoms with Crippen LogP contribution in [0.15, 0.2) is 34.9 Å². The molecule has 0 unspecified atom stereocenters. The van der Waals surface area contributed by atoms with Gasteiger partial charge in [0.05, 0.1) is 0 Å². The first-order chi connectivity index (χ1) is 9.29. The minimum Gasteiger partial charge on any atom is -0.356 e. The van der Waals surface area contributed by atoms with Crippen molar-refractivity contribution in [1.29, 1.82) is 0 Å². The second-order valence-corrected chi connectivity index (χ2v) is 6.22. The lowest BCUT2D eigenvalue weighted by atomic mass is 9.98. The molecule has 0 amide bonds. The van der Waals surface area contributed by atoms with Crippen LogP contribution in [-0.2, 0) is 0 Å². The highest BCUT2D eigenvalue weighted by Gasteiger charge is 2.20. The summed E-state index contributed by atoms with van der Waals surface area (Å²) in [6.45, 7) is 2.10. The highest BCUT2D eigenvalue weighted by atomic mass is 79.9. The van der Waals surface area contributed by atoms with Crippen molar-refractivity contribution in [2.75, 3.05) is 23.9 Å². The third-order valence-corrected chi connectivity index (χ3v) is 4.99. The van der Waals surface area contributed by atoms with Crippen molar-refractivity contribution >= 4 is 44.1 Å². The van der Waals surface area contributed by atoms with Gasteiger partial charge in [-0.2, -0.15) is 0 Å². The topological polar surface area (TPSA) is 16.1 Å². The second-order valence-electron chi connectivity index (χ2n) is 5.05. The molecule has 1 aliphatic rings. The van der Waals surface area contributed by atoms with Crippen molar-refractivity contribution in [2.45, 2.75) is 12.8 Å². The molecule has 100 valence electrons. The maximum Gasteiger partial charge on any atom is 0.136 e. The summed E-state index contributed by atoms with van der Waals surface area (Å²) < 4.78 is 1.13. The van der Waals surface area contributed by atoms with Crippen LogP contribution in [0.25, 0.3) is 10.8 Å². The van der Waals surface area contributed by atoms with E-state index in [4.69, 9.17) is 11.6 Å². The first-order valence-corrected chi connectivity index (χ1v) is 7.96. The predicted molar refractivity (Wildman–Crippen MR) is 85.1 cm³/mol. The van der Waals surface area contributed by atoms with Crippen LogP contribution >= 0.6 is 27.5 Å². The summed E-state index contributed by atoms with van der Waals surface area (Å²) in [5.74, 6) is 2.55. The van der Waals surface area contributed by atoms with Crippen LogP contribution in [0, 0.1) is 5.92 Å². The molecule has 0 radical (unpaired) electrons. The Balaban J connectivity index is 1.95. The van der Waals surface area contributed by atoms with Crippen molar-refractivity contribution in [3.63, 3.8) is 0 Å². The molecule has 19 heavy (non-hydrogen) atoms. The molecular weight excluding hydrogens is 324 g/mol. The van der Waals surface area contributed by atoms with Crippen molar-refractivity contribution in [2.24, 2.45) is 5.92 Å². The number of rotatable bonds is 2. The normalized spacial score (nSPS) is 17.1. The zero-order valence-corrected chi connectivity index (χ0v) is 13.0. The summed E-state index contributed by atoms with van der Waals surface area (Å²) in [7, 11) is 0. The number of halogens is 2. The Morgan fingerprint density at radius 3 is 2.74 bits per heavy atom. The Labute approximate surface area is 126 Å². The maximum atomic E-state index is 5.95. The van der Waals surface area contributed by atoms with E-state index in [1.165, 1.54) is 10.8 Å². The summed E-state index contributed by atoms with van der Waals surface area (Å²) in [5, 5.41) is 2.45. The van der Waals surface area contributed by atoms with E-state index in [-0.39, 0.29) is 0 Å². The van der Waals surface area contributed by atoms with Gasteiger partial charge in [-0.3, -0.25) is 0 Å². The van der Waals surface area contributed by atoms with Crippen LogP contribution < -0.4 is 4.90 Å². The van der Waals surface area contributed by atoms with Crippen LogP contribution in [0.1, 0.15) is 12.8 Å². The molecule has 2 heterocycles. The SMILES string of the molecule is ClCC1CCN(c2nccc3c(Br)cccc23)CC1. The summed E-state index contributed by atoms with van der Waals surface area (Å²) in [6.07, 6.45) is 4.22. The Bertz CT molecular complexity index is 579. The van der Waals surface area contributed by atoms with Crippen LogP contribution in [0.2, 0.25) is 0 Å². The van der Waals surface area contributed by atoms with E-state index in [1.807, 2.05) is 6.20 Å². The molecule has 0 spiro atoms. The van der Waals surface area contributed by atoms with Crippen molar-refractivity contribution in [3.05, 3.63) is 34.9 Å². The molecule has 3 rings (SSSR count). The van der Waals surface area contributed by atoms with Gasteiger partial charge in [0, 0.05) is 40.4 Å². The summed E-state index contributed by atoms with van der Waals surface area (Å²) in [4.78, 5) is 6.98. The first kappa shape index (κ1) is 13.2. The average Bonchev–Trinajstić information content (AvgIpc) is 2.47.